The van der Waals surface area contributed by atoms with E-state index < -0.39 is 5.82 Å². The summed E-state index contributed by atoms with van der Waals surface area (Å²) < 4.78 is 26.1. The average molecular weight is 450 g/mol. The summed E-state index contributed by atoms with van der Waals surface area (Å²) >= 11 is 1.23. The van der Waals surface area contributed by atoms with Crippen LogP contribution in [-0.2, 0) is 0 Å². The number of halogens is 1. The molecule has 6 nitrogen and oxygen atoms in total. The predicted octanol–water partition coefficient (Wildman–Crippen LogP) is 5.07. The molecule has 0 saturated heterocycles. The molecule has 0 saturated carbocycles. The van der Waals surface area contributed by atoms with Gasteiger partial charge >= 0.3 is 0 Å². The van der Waals surface area contributed by atoms with Crippen molar-refractivity contribution in [3.8, 4) is 28.6 Å². The van der Waals surface area contributed by atoms with Gasteiger partial charge in [0.1, 0.15) is 17.3 Å². The Morgan fingerprint density at radius 2 is 1.78 bits per heavy atom. The third-order valence-corrected chi connectivity index (χ3v) is 5.70. The Morgan fingerprint density at radius 1 is 0.969 bits per heavy atom. The molecule has 162 valence electrons. The van der Waals surface area contributed by atoms with E-state index in [1.165, 1.54) is 37.1 Å². The minimum atomic E-state index is -0.494. The molecule has 0 amide bonds. The first kappa shape index (κ1) is 21.6. The number of ether oxygens (including phenoxy) is 2. The van der Waals surface area contributed by atoms with Crippen LogP contribution in [0.4, 0.5) is 4.39 Å². The molecule has 4 rings (SSSR count). The summed E-state index contributed by atoms with van der Waals surface area (Å²) in [6.45, 7) is 0. The highest BCUT2D eigenvalue weighted by Crippen LogP contribution is 2.30. The van der Waals surface area contributed by atoms with Crippen LogP contribution in [0.5, 0.6) is 11.5 Å². The first-order chi connectivity index (χ1) is 15.6. The molecule has 0 spiro atoms. The molecule has 4 aromatic rings. The number of carbonyl (C=O) groups excluding carboxylic acids is 1. The fourth-order valence-corrected chi connectivity index (χ4v) is 4.06. The van der Waals surface area contributed by atoms with Gasteiger partial charge in [-0.05, 0) is 42.5 Å². The summed E-state index contributed by atoms with van der Waals surface area (Å²) in [7, 11) is 3.05. The highest BCUT2D eigenvalue weighted by Gasteiger charge is 2.19. The first-order valence-corrected chi connectivity index (χ1v) is 10.7. The molecule has 0 unspecified atom stereocenters. The van der Waals surface area contributed by atoms with Gasteiger partial charge in [-0.15, -0.1) is 10.2 Å². The zero-order valence-corrected chi connectivity index (χ0v) is 18.3. The Bertz CT molecular complexity index is 1240. The minimum absolute atomic E-state index is 0.0445. The molecule has 3 aromatic carbocycles. The molecular weight excluding hydrogens is 429 g/mol. The third-order valence-electron chi connectivity index (χ3n) is 4.77. The van der Waals surface area contributed by atoms with Gasteiger partial charge in [-0.2, -0.15) is 0 Å². The number of hydrogen-bond acceptors (Lipinski definition) is 6. The topological polar surface area (TPSA) is 66.2 Å². The van der Waals surface area contributed by atoms with Crippen LogP contribution in [0.3, 0.4) is 0 Å². The van der Waals surface area contributed by atoms with Gasteiger partial charge in [-0.25, -0.2) is 4.39 Å². The van der Waals surface area contributed by atoms with Gasteiger partial charge in [0.05, 0.1) is 25.5 Å². The molecule has 0 atom stereocenters. The standard InChI is InChI=1S/C24H20FN3O3S/c1-30-19-10-6-7-16(13-19)23-26-27-24(28(23)18-8-4-3-5-9-18)32-15-21(29)20-14-17(25)11-12-22(20)31-2/h3-14H,15H2,1-2H3. The number of benzene rings is 3. The number of aromatic nitrogens is 3. The number of ketones is 1. The normalized spacial score (nSPS) is 10.7. The smallest absolute Gasteiger partial charge is 0.196 e. The summed E-state index contributed by atoms with van der Waals surface area (Å²) in [5.74, 6) is 0.937. The van der Waals surface area contributed by atoms with Crippen LogP contribution in [0.15, 0.2) is 78.0 Å². The molecule has 0 fully saturated rings. The van der Waals surface area contributed by atoms with E-state index in [1.54, 1.807) is 7.11 Å². The molecule has 0 aliphatic carbocycles. The lowest BCUT2D eigenvalue weighted by atomic mass is 10.1. The summed E-state index contributed by atoms with van der Waals surface area (Å²) in [4.78, 5) is 12.8. The maximum Gasteiger partial charge on any atom is 0.196 e. The molecule has 0 bridgehead atoms. The van der Waals surface area contributed by atoms with Gasteiger partial charge in [0.25, 0.3) is 0 Å². The zero-order valence-electron chi connectivity index (χ0n) is 17.5. The summed E-state index contributed by atoms with van der Waals surface area (Å²) in [5.41, 5.74) is 1.87. The molecule has 32 heavy (non-hydrogen) atoms. The van der Waals surface area contributed by atoms with Crippen molar-refractivity contribution < 1.29 is 18.7 Å². The molecule has 0 aliphatic rings. The van der Waals surface area contributed by atoms with Gasteiger partial charge in [0.2, 0.25) is 0 Å². The molecule has 8 heteroatoms. The first-order valence-electron chi connectivity index (χ1n) is 9.75. The third kappa shape index (κ3) is 4.50. The van der Waals surface area contributed by atoms with E-state index >= 15 is 0 Å². The number of Topliss-reactive ketones (excluding diaryl/α,β-unsaturated/α-hetero) is 1. The largest absolute Gasteiger partial charge is 0.497 e. The van der Waals surface area contributed by atoms with Crippen LogP contribution in [0.25, 0.3) is 17.1 Å². The number of methoxy groups -OCH3 is 2. The highest BCUT2D eigenvalue weighted by atomic mass is 32.2. The lowest BCUT2D eigenvalue weighted by molar-refractivity contribution is 0.101. The zero-order chi connectivity index (χ0) is 22.5. The second kappa shape index (κ2) is 9.65. The fraction of sp³-hybridized carbons (Fsp3) is 0.125. The minimum Gasteiger partial charge on any atom is -0.497 e. The Hall–Kier alpha value is -3.65. The van der Waals surface area contributed by atoms with E-state index in [9.17, 15) is 9.18 Å². The van der Waals surface area contributed by atoms with Crippen molar-refractivity contribution in [3.05, 3.63) is 84.2 Å². The van der Waals surface area contributed by atoms with Crippen molar-refractivity contribution in [2.24, 2.45) is 0 Å². The van der Waals surface area contributed by atoms with E-state index in [1.807, 2.05) is 59.2 Å². The van der Waals surface area contributed by atoms with Gasteiger partial charge < -0.3 is 9.47 Å². The summed E-state index contributed by atoms with van der Waals surface area (Å²) in [5, 5.41) is 9.24. The van der Waals surface area contributed by atoms with E-state index in [4.69, 9.17) is 9.47 Å². The number of para-hydroxylation sites is 1. The van der Waals surface area contributed by atoms with Crippen molar-refractivity contribution >= 4 is 17.5 Å². The van der Waals surface area contributed by atoms with Crippen LogP contribution in [0.2, 0.25) is 0 Å². The maximum atomic E-state index is 13.7. The van der Waals surface area contributed by atoms with Crippen molar-refractivity contribution in [1.82, 2.24) is 14.8 Å². The van der Waals surface area contributed by atoms with Crippen molar-refractivity contribution in [2.75, 3.05) is 20.0 Å². The maximum absolute atomic E-state index is 13.7. The predicted molar refractivity (Wildman–Crippen MR) is 121 cm³/mol. The van der Waals surface area contributed by atoms with Crippen molar-refractivity contribution in [1.29, 1.82) is 0 Å². The van der Waals surface area contributed by atoms with Crippen LogP contribution in [0.1, 0.15) is 10.4 Å². The van der Waals surface area contributed by atoms with E-state index in [2.05, 4.69) is 10.2 Å². The number of nitrogens with zero attached hydrogens (tertiary/aromatic N) is 3. The quantitative estimate of drug-likeness (QED) is 0.277. The lowest BCUT2D eigenvalue weighted by Crippen LogP contribution is -2.07. The van der Waals surface area contributed by atoms with E-state index in [-0.39, 0.29) is 17.1 Å². The lowest BCUT2D eigenvalue weighted by Gasteiger charge is -2.11. The SMILES string of the molecule is COc1cccc(-c2nnc(SCC(=O)c3cc(F)ccc3OC)n2-c2ccccc2)c1. The molecular formula is C24H20FN3O3S. The monoisotopic (exact) mass is 449 g/mol. The van der Waals surface area contributed by atoms with Crippen LogP contribution in [-0.4, -0.2) is 40.5 Å². The van der Waals surface area contributed by atoms with Crippen molar-refractivity contribution in [2.45, 2.75) is 5.16 Å². The fourth-order valence-electron chi connectivity index (χ4n) is 3.23. The second-order valence-corrected chi connectivity index (χ2v) is 7.71. The molecule has 0 N–H and O–H groups in total. The number of rotatable bonds is 8. The van der Waals surface area contributed by atoms with Crippen LogP contribution in [0, 0.1) is 5.82 Å². The highest BCUT2D eigenvalue weighted by molar-refractivity contribution is 7.99. The Balaban J connectivity index is 1.68. The van der Waals surface area contributed by atoms with E-state index in [0.29, 0.717) is 22.5 Å². The molecule has 1 aromatic heterocycles. The van der Waals surface area contributed by atoms with Gasteiger partial charge in [0, 0.05) is 11.3 Å². The average Bonchev–Trinajstić information content (AvgIpc) is 3.27. The summed E-state index contributed by atoms with van der Waals surface area (Å²) in [6.07, 6.45) is 0. The Kier molecular flexibility index (Phi) is 6.51. The van der Waals surface area contributed by atoms with Crippen LogP contribution < -0.4 is 9.47 Å². The molecule has 0 aliphatic heterocycles. The van der Waals surface area contributed by atoms with Crippen LogP contribution >= 0.6 is 11.8 Å². The Labute approximate surface area is 189 Å². The Morgan fingerprint density at radius 3 is 2.53 bits per heavy atom. The van der Waals surface area contributed by atoms with Gasteiger partial charge in [-0.1, -0.05) is 42.1 Å². The second-order valence-electron chi connectivity index (χ2n) is 6.77. The molecule has 0 radical (unpaired) electrons. The molecule has 1 heterocycles. The van der Waals surface area contributed by atoms with E-state index in [0.717, 1.165) is 11.3 Å². The number of carbonyl (C=O) groups is 1. The van der Waals surface area contributed by atoms with Gasteiger partial charge in [-0.3, -0.25) is 9.36 Å². The van der Waals surface area contributed by atoms with Gasteiger partial charge in [0.15, 0.2) is 16.8 Å². The summed E-state index contributed by atoms with van der Waals surface area (Å²) in [6, 6.07) is 21.1. The van der Waals surface area contributed by atoms with Crippen molar-refractivity contribution in [3.63, 3.8) is 0 Å². The number of thioether (sulfide) groups is 1. The number of hydrogen-bond donors (Lipinski definition) is 0.